The number of aromatic nitrogens is 1. The van der Waals surface area contributed by atoms with Gasteiger partial charge in [0.25, 0.3) is 0 Å². The van der Waals surface area contributed by atoms with Gasteiger partial charge in [0.1, 0.15) is 11.1 Å². The van der Waals surface area contributed by atoms with Gasteiger partial charge in [0.05, 0.1) is 15.6 Å². The molecule has 1 amide bonds. The van der Waals surface area contributed by atoms with Crippen LogP contribution in [0, 0.1) is 11.3 Å². The van der Waals surface area contributed by atoms with E-state index >= 15 is 0 Å². The normalized spacial score (nSPS) is 13.2. The smallest absolute Gasteiger partial charge is 0.225 e. The van der Waals surface area contributed by atoms with Crippen LogP contribution in [0.3, 0.4) is 0 Å². The number of nitrogens with zero attached hydrogens (tertiary/aromatic N) is 2. The molecule has 24 heavy (non-hydrogen) atoms. The van der Waals surface area contributed by atoms with Crippen molar-refractivity contribution in [2.75, 3.05) is 11.1 Å². The molecule has 1 aliphatic rings. The summed E-state index contributed by atoms with van der Waals surface area (Å²) in [6, 6.07) is 5.89. The maximum Gasteiger partial charge on any atom is 0.225 e. The number of nitrogens with one attached hydrogen (secondary N) is 1. The largest absolute Gasteiger partial charge is 0.317 e. The molecule has 0 aliphatic heterocycles. The van der Waals surface area contributed by atoms with Crippen LogP contribution in [0.25, 0.3) is 0 Å². The van der Waals surface area contributed by atoms with E-state index in [1.807, 2.05) is 6.07 Å². The number of hydrogen-bond donors (Lipinski definition) is 1. The molecule has 0 saturated heterocycles. The molecule has 2 aromatic rings. The van der Waals surface area contributed by atoms with E-state index in [4.69, 9.17) is 11.6 Å². The summed E-state index contributed by atoms with van der Waals surface area (Å²) >= 11 is 8.87. The highest BCUT2D eigenvalue weighted by Gasteiger charge is 2.21. The number of thioether (sulfide) groups is 1. The maximum atomic E-state index is 12.2. The predicted octanol–water partition coefficient (Wildman–Crippen LogP) is 4.67. The van der Waals surface area contributed by atoms with Gasteiger partial charge in [0.15, 0.2) is 0 Å². The molecule has 124 valence electrons. The molecule has 0 atom stereocenters. The molecular weight excluding hydrogens is 362 g/mol. The number of amides is 1. The number of carbonyl (C=O) groups is 1. The van der Waals surface area contributed by atoms with Gasteiger partial charge >= 0.3 is 0 Å². The molecule has 0 saturated carbocycles. The first-order valence-corrected chi connectivity index (χ1v) is 9.94. The fourth-order valence-corrected chi connectivity index (χ4v) is 4.81. The lowest BCUT2D eigenvalue weighted by atomic mass is 9.96. The maximum absolute atomic E-state index is 12.2. The molecule has 2 aromatic heterocycles. The first kappa shape index (κ1) is 17.3. The molecule has 0 bridgehead atoms. The van der Waals surface area contributed by atoms with Gasteiger partial charge in [-0.1, -0.05) is 11.6 Å². The third-order valence-electron chi connectivity index (χ3n) is 3.82. The number of nitriles is 1. The van der Waals surface area contributed by atoms with Gasteiger partial charge in [0.2, 0.25) is 5.91 Å². The SMILES string of the molecule is N#Cc1c(NC(=O)CCSc2ccc(Cl)cn2)sc2c1CCCC2. The van der Waals surface area contributed by atoms with Crippen LogP contribution in [-0.4, -0.2) is 16.6 Å². The minimum atomic E-state index is -0.0634. The van der Waals surface area contributed by atoms with E-state index in [-0.39, 0.29) is 5.91 Å². The van der Waals surface area contributed by atoms with Crippen molar-refractivity contribution in [2.24, 2.45) is 0 Å². The van der Waals surface area contributed by atoms with Gasteiger partial charge in [-0.25, -0.2) is 4.98 Å². The van der Waals surface area contributed by atoms with E-state index in [1.165, 1.54) is 16.6 Å². The summed E-state index contributed by atoms with van der Waals surface area (Å²) in [6.45, 7) is 0. The fourth-order valence-electron chi connectivity index (χ4n) is 2.66. The van der Waals surface area contributed by atoms with E-state index < -0.39 is 0 Å². The van der Waals surface area contributed by atoms with Gasteiger partial charge in [-0.15, -0.1) is 23.1 Å². The van der Waals surface area contributed by atoms with Gasteiger partial charge in [-0.2, -0.15) is 5.26 Å². The van der Waals surface area contributed by atoms with Crippen molar-refractivity contribution in [1.82, 2.24) is 4.98 Å². The second kappa shape index (κ2) is 8.02. The molecule has 0 fully saturated rings. The Morgan fingerprint density at radius 2 is 2.25 bits per heavy atom. The lowest BCUT2D eigenvalue weighted by molar-refractivity contribution is -0.115. The second-order valence-electron chi connectivity index (χ2n) is 5.49. The van der Waals surface area contributed by atoms with Gasteiger partial charge in [-0.05, 0) is 43.4 Å². The highest BCUT2D eigenvalue weighted by molar-refractivity contribution is 7.99. The highest BCUT2D eigenvalue weighted by Crippen LogP contribution is 2.37. The van der Waals surface area contributed by atoms with Crippen LogP contribution in [0.4, 0.5) is 5.00 Å². The monoisotopic (exact) mass is 377 g/mol. The van der Waals surface area contributed by atoms with Crippen molar-refractivity contribution in [2.45, 2.75) is 37.1 Å². The van der Waals surface area contributed by atoms with Crippen molar-refractivity contribution < 1.29 is 4.79 Å². The molecule has 7 heteroatoms. The Balaban J connectivity index is 1.56. The van der Waals surface area contributed by atoms with Crippen LogP contribution in [0.1, 0.15) is 35.3 Å². The molecule has 0 aromatic carbocycles. The zero-order valence-electron chi connectivity index (χ0n) is 13.0. The Bertz CT molecular complexity index is 780. The highest BCUT2D eigenvalue weighted by atomic mass is 35.5. The summed E-state index contributed by atoms with van der Waals surface area (Å²) in [5.41, 5.74) is 1.80. The standard InChI is InChI=1S/C17H16ClN3OS2/c18-11-5-6-16(20-10-11)23-8-7-15(22)21-17-13(9-19)12-3-1-2-4-14(12)24-17/h5-6,10H,1-4,7-8H2,(H,21,22). The number of pyridine rings is 1. The van der Waals surface area contributed by atoms with Crippen LogP contribution in [0.5, 0.6) is 0 Å². The predicted molar refractivity (Wildman–Crippen MR) is 98.9 cm³/mol. The first-order valence-electron chi connectivity index (χ1n) is 7.76. The minimum absolute atomic E-state index is 0.0634. The summed E-state index contributed by atoms with van der Waals surface area (Å²) in [4.78, 5) is 17.6. The number of anilines is 1. The third kappa shape index (κ3) is 4.10. The van der Waals surface area contributed by atoms with Crippen LogP contribution in [0.15, 0.2) is 23.4 Å². The van der Waals surface area contributed by atoms with E-state index in [2.05, 4.69) is 16.4 Å². The van der Waals surface area contributed by atoms with Crippen molar-refractivity contribution >= 4 is 45.6 Å². The van der Waals surface area contributed by atoms with Gasteiger partial charge in [-0.3, -0.25) is 4.79 Å². The van der Waals surface area contributed by atoms with Crippen LogP contribution in [-0.2, 0) is 17.6 Å². The zero-order chi connectivity index (χ0) is 16.9. The Kier molecular flexibility index (Phi) is 5.77. The zero-order valence-corrected chi connectivity index (χ0v) is 15.4. The summed E-state index contributed by atoms with van der Waals surface area (Å²) in [7, 11) is 0. The first-order chi connectivity index (χ1) is 11.7. The van der Waals surface area contributed by atoms with Crippen LogP contribution < -0.4 is 5.32 Å². The number of aryl methyl sites for hydroxylation is 1. The topological polar surface area (TPSA) is 65.8 Å². The number of hydrogen-bond acceptors (Lipinski definition) is 5. The van der Waals surface area contributed by atoms with Crippen molar-refractivity contribution in [3.05, 3.63) is 39.4 Å². The number of halogens is 1. The Morgan fingerprint density at radius 3 is 3.00 bits per heavy atom. The van der Waals surface area contributed by atoms with E-state index in [0.29, 0.717) is 27.8 Å². The molecule has 4 nitrogen and oxygen atoms in total. The summed E-state index contributed by atoms with van der Waals surface area (Å²) in [6.07, 6.45) is 6.22. The lowest BCUT2D eigenvalue weighted by Crippen LogP contribution is -2.12. The molecule has 1 aliphatic carbocycles. The molecule has 2 heterocycles. The van der Waals surface area contributed by atoms with Crippen molar-refractivity contribution in [1.29, 1.82) is 5.26 Å². The number of thiophene rings is 1. The van der Waals surface area contributed by atoms with E-state index in [0.717, 1.165) is 36.3 Å². The summed E-state index contributed by atoms with van der Waals surface area (Å²) < 4.78 is 0. The number of carbonyl (C=O) groups excluding carboxylic acids is 1. The molecule has 3 rings (SSSR count). The Labute approximate surface area is 154 Å². The van der Waals surface area contributed by atoms with Crippen molar-refractivity contribution in [3.8, 4) is 6.07 Å². The number of rotatable bonds is 5. The molecule has 0 radical (unpaired) electrons. The lowest BCUT2D eigenvalue weighted by Gasteiger charge is -2.09. The second-order valence-corrected chi connectivity index (χ2v) is 8.14. The van der Waals surface area contributed by atoms with E-state index in [9.17, 15) is 10.1 Å². The van der Waals surface area contributed by atoms with Gasteiger partial charge < -0.3 is 5.32 Å². The summed E-state index contributed by atoms with van der Waals surface area (Å²) in [5, 5.41) is 14.5. The van der Waals surface area contributed by atoms with Crippen LogP contribution in [0.2, 0.25) is 5.02 Å². The molecule has 0 spiro atoms. The fraction of sp³-hybridized carbons (Fsp3) is 0.353. The average molecular weight is 378 g/mol. The quantitative estimate of drug-likeness (QED) is 0.769. The van der Waals surface area contributed by atoms with Gasteiger partial charge in [0, 0.05) is 23.2 Å². The average Bonchev–Trinajstić information content (AvgIpc) is 2.93. The van der Waals surface area contributed by atoms with E-state index in [1.54, 1.807) is 23.6 Å². The Hall–Kier alpha value is -1.55. The number of fused-ring (bicyclic) bond motifs is 1. The van der Waals surface area contributed by atoms with Crippen LogP contribution >= 0.6 is 34.7 Å². The van der Waals surface area contributed by atoms with Crippen molar-refractivity contribution in [3.63, 3.8) is 0 Å². The molecule has 1 N–H and O–H groups in total. The summed E-state index contributed by atoms with van der Waals surface area (Å²) in [5.74, 6) is 0.569. The molecule has 0 unspecified atom stereocenters. The Morgan fingerprint density at radius 1 is 1.42 bits per heavy atom. The minimum Gasteiger partial charge on any atom is -0.317 e. The third-order valence-corrected chi connectivity index (χ3v) is 6.19. The molecular formula is C17H16ClN3OS2.